The summed E-state index contributed by atoms with van der Waals surface area (Å²) in [6.07, 6.45) is 6.34. The van der Waals surface area contributed by atoms with Gasteiger partial charge in [-0.15, -0.1) is 0 Å². The van der Waals surface area contributed by atoms with Gasteiger partial charge in [0.2, 0.25) is 0 Å². The predicted octanol–water partition coefficient (Wildman–Crippen LogP) is 2.55. The lowest BCUT2D eigenvalue weighted by atomic mass is 9.97. The highest BCUT2D eigenvalue weighted by molar-refractivity contribution is 5.60. The average molecular weight is 185 g/mol. The van der Waals surface area contributed by atoms with E-state index in [0.29, 0.717) is 0 Å². The summed E-state index contributed by atoms with van der Waals surface area (Å²) in [6, 6.07) is 7.94. The second kappa shape index (κ2) is 3.97. The van der Waals surface area contributed by atoms with Crippen LogP contribution in [0.4, 0.5) is 0 Å². The number of benzene rings is 1. The molecule has 0 saturated carbocycles. The van der Waals surface area contributed by atoms with Crippen LogP contribution in [0.15, 0.2) is 24.3 Å². The molecule has 0 atom stereocenters. The number of hydrogen-bond donors (Lipinski definition) is 0. The number of rotatable bonds is 2. The molecular weight excluding hydrogens is 174 g/mol. The largest absolute Gasteiger partial charge is 0.478 e. The SMILES string of the molecule is N#CCOc1cccc2c1CCC=C2. The van der Waals surface area contributed by atoms with Crippen molar-refractivity contribution in [2.75, 3.05) is 6.61 Å². The zero-order chi connectivity index (χ0) is 9.80. The minimum Gasteiger partial charge on any atom is -0.478 e. The van der Waals surface area contributed by atoms with Gasteiger partial charge in [0.15, 0.2) is 6.61 Å². The second-order valence-electron chi connectivity index (χ2n) is 3.21. The van der Waals surface area contributed by atoms with Crippen molar-refractivity contribution in [3.63, 3.8) is 0 Å². The Kier molecular flexibility index (Phi) is 2.51. The van der Waals surface area contributed by atoms with E-state index in [9.17, 15) is 0 Å². The van der Waals surface area contributed by atoms with Crippen LogP contribution in [0.2, 0.25) is 0 Å². The maximum atomic E-state index is 8.44. The molecule has 1 aromatic rings. The van der Waals surface area contributed by atoms with Crippen molar-refractivity contribution < 1.29 is 4.74 Å². The molecule has 0 spiro atoms. The number of hydrogen-bond acceptors (Lipinski definition) is 2. The van der Waals surface area contributed by atoms with Crippen molar-refractivity contribution in [1.29, 1.82) is 5.26 Å². The van der Waals surface area contributed by atoms with Crippen molar-refractivity contribution >= 4 is 6.08 Å². The zero-order valence-electron chi connectivity index (χ0n) is 7.86. The van der Waals surface area contributed by atoms with E-state index in [1.165, 1.54) is 11.1 Å². The summed E-state index contributed by atoms with van der Waals surface area (Å²) in [5.74, 6) is 0.855. The predicted molar refractivity (Wildman–Crippen MR) is 54.9 cm³/mol. The van der Waals surface area contributed by atoms with Gasteiger partial charge >= 0.3 is 0 Å². The molecule has 0 bridgehead atoms. The van der Waals surface area contributed by atoms with Crippen LogP contribution in [0.3, 0.4) is 0 Å². The van der Waals surface area contributed by atoms with E-state index < -0.39 is 0 Å². The van der Waals surface area contributed by atoms with E-state index in [4.69, 9.17) is 10.00 Å². The Morgan fingerprint density at radius 3 is 3.21 bits per heavy atom. The molecule has 0 heterocycles. The Morgan fingerprint density at radius 1 is 1.43 bits per heavy atom. The maximum Gasteiger partial charge on any atom is 0.174 e. The maximum absolute atomic E-state index is 8.44. The van der Waals surface area contributed by atoms with Crippen LogP contribution in [0.25, 0.3) is 6.08 Å². The molecule has 0 fully saturated rings. The van der Waals surface area contributed by atoms with E-state index in [1.807, 2.05) is 18.2 Å². The third-order valence-electron chi connectivity index (χ3n) is 2.32. The third-order valence-corrected chi connectivity index (χ3v) is 2.32. The minimum absolute atomic E-state index is 0.125. The lowest BCUT2D eigenvalue weighted by Crippen LogP contribution is -2.01. The lowest BCUT2D eigenvalue weighted by molar-refractivity contribution is 0.363. The number of allylic oxidation sites excluding steroid dienone is 1. The molecule has 14 heavy (non-hydrogen) atoms. The first-order valence-electron chi connectivity index (χ1n) is 4.70. The van der Waals surface area contributed by atoms with Crippen LogP contribution < -0.4 is 4.74 Å². The molecule has 70 valence electrons. The Bertz CT molecular complexity index is 401. The highest BCUT2D eigenvalue weighted by atomic mass is 16.5. The smallest absolute Gasteiger partial charge is 0.174 e. The Morgan fingerprint density at radius 2 is 2.36 bits per heavy atom. The summed E-state index contributed by atoms with van der Waals surface area (Å²) in [5, 5.41) is 8.44. The van der Waals surface area contributed by atoms with Gasteiger partial charge in [-0.25, -0.2) is 0 Å². The normalized spacial score (nSPS) is 13.1. The van der Waals surface area contributed by atoms with Crippen LogP contribution in [0, 0.1) is 11.3 Å². The quantitative estimate of drug-likeness (QED) is 0.709. The van der Waals surface area contributed by atoms with Gasteiger partial charge in [0.25, 0.3) is 0 Å². The molecule has 0 saturated heterocycles. The topological polar surface area (TPSA) is 33.0 Å². The monoisotopic (exact) mass is 185 g/mol. The van der Waals surface area contributed by atoms with Crippen LogP contribution >= 0.6 is 0 Å². The van der Waals surface area contributed by atoms with E-state index >= 15 is 0 Å². The standard InChI is InChI=1S/C12H11NO/c13-8-9-14-12-7-3-5-10-4-1-2-6-11(10)12/h1,3-5,7H,2,6,9H2. The fourth-order valence-corrected chi connectivity index (χ4v) is 1.69. The van der Waals surface area contributed by atoms with Crippen molar-refractivity contribution in [1.82, 2.24) is 0 Å². The van der Waals surface area contributed by atoms with Crippen molar-refractivity contribution in [2.45, 2.75) is 12.8 Å². The van der Waals surface area contributed by atoms with Crippen molar-refractivity contribution in [3.05, 3.63) is 35.4 Å². The van der Waals surface area contributed by atoms with Gasteiger partial charge in [-0.1, -0.05) is 24.3 Å². The summed E-state index contributed by atoms with van der Waals surface area (Å²) in [4.78, 5) is 0. The summed E-state index contributed by atoms with van der Waals surface area (Å²) < 4.78 is 5.36. The third kappa shape index (κ3) is 1.62. The number of ether oxygens (including phenoxy) is 1. The fraction of sp³-hybridized carbons (Fsp3) is 0.250. The summed E-state index contributed by atoms with van der Waals surface area (Å²) >= 11 is 0. The molecule has 1 aliphatic carbocycles. The summed E-state index contributed by atoms with van der Waals surface area (Å²) in [7, 11) is 0. The van der Waals surface area contributed by atoms with E-state index in [1.54, 1.807) is 0 Å². The van der Waals surface area contributed by atoms with E-state index in [2.05, 4.69) is 18.2 Å². The summed E-state index contributed by atoms with van der Waals surface area (Å²) in [5.41, 5.74) is 2.44. The molecule has 2 nitrogen and oxygen atoms in total. The highest BCUT2D eigenvalue weighted by Gasteiger charge is 2.09. The van der Waals surface area contributed by atoms with Gasteiger partial charge in [0.05, 0.1) is 0 Å². The molecule has 0 aromatic heterocycles. The molecule has 0 unspecified atom stereocenters. The van der Waals surface area contributed by atoms with Crippen molar-refractivity contribution in [2.24, 2.45) is 0 Å². The molecule has 0 N–H and O–H groups in total. The van der Waals surface area contributed by atoms with Crippen LogP contribution in [-0.4, -0.2) is 6.61 Å². The van der Waals surface area contributed by atoms with Gasteiger partial charge in [-0.2, -0.15) is 5.26 Å². The fourth-order valence-electron chi connectivity index (χ4n) is 1.69. The lowest BCUT2D eigenvalue weighted by Gasteiger charge is -2.14. The first kappa shape index (κ1) is 8.83. The van der Waals surface area contributed by atoms with Gasteiger partial charge < -0.3 is 4.74 Å². The molecule has 2 rings (SSSR count). The first-order valence-corrected chi connectivity index (χ1v) is 4.70. The van der Waals surface area contributed by atoms with Crippen LogP contribution in [0.5, 0.6) is 5.75 Å². The van der Waals surface area contributed by atoms with Crippen molar-refractivity contribution in [3.8, 4) is 11.8 Å². The number of nitrogens with zero attached hydrogens (tertiary/aromatic N) is 1. The first-order chi connectivity index (χ1) is 6.92. The molecule has 1 aliphatic rings. The number of fused-ring (bicyclic) bond motifs is 1. The molecule has 0 amide bonds. The van der Waals surface area contributed by atoms with Gasteiger partial charge in [-0.3, -0.25) is 0 Å². The van der Waals surface area contributed by atoms with Crippen LogP contribution in [-0.2, 0) is 6.42 Å². The van der Waals surface area contributed by atoms with Crippen LogP contribution in [0.1, 0.15) is 17.5 Å². The Labute approximate surface area is 83.4 Å². The molecule has 2 heteroatoms. The van der Waals surface area contributed by atoms with E-state index in [-0.39, 0.29) is 6.61 Å². The van der Waals surface area contributed by atoms with Gasteiger partial charge in [0.1, 0.15) is 11.8 Å². The van der Waals surface area contributed by atoms with E-state index in [0.717, 1.165) is 18.6 Å². The zero-order valence-corrected chi connectivity index (χ0v) is 7.86. The average Bonchev–Trinajstić information content (AvgIpc) is 2.26. The molecular formula is C12H11NO. The minimum atomic E-state index is 0.125. The molecule has 0 aliphatic heterocycles. The van der Waals surface area contributed by atoms with Gasteiger partial charge in [-0.05, 0) is 24.5 Å². The number of nitriles is 1. The van der Waals surface area contributed by atoms with Gasteiger partial charge in [0, 0.05) is 5.56 Å². The Hall–Kier alpha value is -1.75. The summed E-state index contributed by atoms with van der Waals surface area (Å²) in [6.45, 7) is 0.125. The Balaban J connectivity index is 2.32. The molecule has 0 radical (unpaired) electrons. The molecule has 1 aromatic carbocycles. The second-order valence-corrected chi connectivity index (χ2v) is 3.21. The highest BCUT2D eigenvalue weighted by Crippen LogP contribution is 2.28.